The van der Waals surface area contributed by atoms with Crippen molar-refractivity contribution in [3.05, 3.63) is 27.7 Å². The molecule has 2 heterocycles. The number of nitrogen functional groups attached to an aromatic ring is 1. The minimum atomic E-state index is 0.224. The number of aromatic nitrogens is 2. The maximum Gasteiger partial charge on any atom is 0.199 e. The number of nitrogens with two attached hydrogens (primary N) is 1. The Morgan fingerprint density at radius 3 is 3.00 bits per heavy atom. The Morgan fingerprint density at radius 2 is 2.40 bits per heavy atom. The van der Waals surface area contributed by atoms with Gasteiger partial charge in [0.1, 0.15) is 16.3 Å². The van der Waals surface area contributed by atoms with Crippen LogP contribution in [0.3, 0.4) is 0 Å². The molecular weight excluding hydrogens is 228 g/mol. The SMILES string of the molecule is N#Cc1c(-c2cccs2)[nH]c(N)nc1=S. The van der Waals surface area contributed by atoms with Gasteiger partial charge in [-0.2, -0.15) is 5.26 Å². The number of rotatable bonds is 1. The standard InChI is InChI=1S/C9H6N4S2/c10-4-5-7(6-2-1-3-15-6)12-9(11)13-8(5)14/h1-3H,(H3,11,12,13,14). The third-order valence-corrected chi connectivity index (χ3v) is 3.00. The van der Waals surface area contributed by atoms with Crippen molar-refractivity contribution in [2.45, 2.75) is 0 Å². The lowest BCUT2D eigenvalue weighted by molar-refractivity contribution is 1.16. The van der Waals surface area contributed by atoms with E-state index in [0.717, 1.165) is 4.88 Å². The maximum absolute atomic E-state index is 8.98. The van der Waals surface area contributed by atoms with Crippen molar-refractivity contribution in [2.24, 2.45) is 0 Å². The Balaban J connectivity index is 2.77. The Labute approximate surface area is 95.0 Å². The molecule has 15 heavy (non-hydrogen) atoms. The number of hydrogen-bond donors (Lipinski definition) is 2. The second-order valence-corrected chi connectivity index (χ2v) is 4.10. The predicted molar refractivity (Wildman–Crippen MR) is 61.9 cm³/mol. The molecule has 3 N–H and O–H groups in total. The third-order valence-electron chi connectivity index (χ3n) is 1.82. The molecule has 2 aromatic rings. The van der Waals surface area contributed by atoms with Gasteiger partial charge in [-0.3, -0.25) is 0 Å². The fourth-order valence-corrected chi connectivity index (χ4v) is 2.18. The van der Waals surface area contributed by atoms with Gasteiger partial charge in [0.2, 0.25) is 0 Å². The van der Waals surface area contributed by atoms with Crippen LogP contribution in [-0.2, 0) is 0 Å². The fourth-order valence-electron chi connectivity index (χ4n) is 1.20. The molecule has 0 saturated heterocycles. The van der Waals surface area contributed by atoms with E-state index in [1.807, 2.05) is 23.6 Å². The summed E-state index contributed by atoms with van der Waals surface area (Å²) < 4.78 is 0.233. The number of H-pyrrole nitrogens is 1. The molecule has 2 aromatic heterocycles. The molecule has 0 saturated carbocycles. The zero-order chi connectivity index (χ0) is 10.8. The highest BCUT2D eigenvalue weighted by Crippen LogP contribution is 2.26. The summed E-state index contributed by atoms with van der Waals surface area (Å²) in [5.74, 6) is 0.224. The molecular formula is C9H6N4S2. The zero-order valence-corrected chi connectivity index (χ0v) is 9.15. The van der Waals surface area contributed by atoms with Crippen LogP contribution in [0.15, 0.2) is 17.5 Å². The van der Waals surface area contributed by atoms with E-state index < -0.39 is 0 Å². The smallest absolute Gasteiger partial charge is 0.199 e. The highest BCUT2D eigenvalue weighted by Gasteiger charge is 2.09. The van der Waals surface area contributed by atoms with Crippen molar-refractivity contribution >= 4 is 29.5 Å². The highest BCUT2D eigenvalue weighted by molar-refractivity contribution is 7.71. The molecule has 0 radical (unpaired) electrons. The Hall–Kier alpha value is -1.71. The lowest BCUT2D eigenvalue weighted by Crippen LogP contribution is -1.99. The van der Waals surface area contributed by atoms with Crippen LogP contribution in [0.25, 0.3) is 10.6 Å². The summed E-state index contributed by atoms with van der Waals surface area (Å²) in [5.41, 5.74) is 6.56. The largest absolute Gasteiger partial charge is 0.369 e. The summed E-state index contributed by atoms with van der Waals surface area (Å²) in [4.78, 5) is 7.61. The molecule has 6 heteroatoms. The summed E-state index contributed by atoms with van der Waals surface area (Å²) in [7, 11) is 0. The topological polar surface area (TPSA) is 78.5 Å². The normalized spacial score (nSPS) is 9.80. The quantitative estimate of drug-likeness (QED) is 0.742. The van der Waals surface area contributed by atoms with E-state index in [-0.39, 0.29) is 10.6 Å². The summed E-state index contributed by atoms with van der Waals surface area (Å²) >= 11 is 6.48. The molecule has 0 aliphatic heterocycles. The highest BCUT2D eigenvalue weighted by atomic mass is 32.1. The minimum absolute atomic E-state index is 0.224. The average molecular weight is 234 g/mol. The van der Waals surface area contributed by atoms with E-state index in [1.165, 1.54) is 11.3 Å². The van der Waals surface area contributed by atoms with Crippen molar-refractivity contribution in [3.8, 4) is 16.6 Å². The number of hydrogen-bond acceptors (Lipinski definition) is 5. The van der Waals surface area contributed by atoms with Gasteiger partial charge in [0.15, 0.2) is 5.95 Å². The van der Waals surface area contributed by atoms with Gasteiger partial charge in [-0.05, 0) is 11.4 Å². The molecule has 0 unspecified atom stereocenters. The van der Waals surface area contributed by atoms with E-state index in [0.29, 0.717) is 11.3 Å². The summed E-state index contributed by atoms with van der Waals surface area (Å²) in [6, 6.07) is 5.82. The van der Waals surface area contributed by atoms with Crippen molar-refractivity contribution in [3.63, 3.8) is 0 Å². The molecule has 0 aliphatic carbocycles. The Kier molecular flexibility index (Phi) is 2.49. The first kappa shape index (κ1) is 9.83. The van der Waals surface area contributed by atoms with Crippen molar-refractivity contribution in [1.29, 1.82) is 5.26 Å². The first-order chi connectivity index (χ1) is 7.22. The lowest BCUT2D eigenvalue weighted by atomic mass is 10.2. The van der Waals surface area contributed by atoms with E-state index in [9.17, 15) is 0 Å². The second kappa shape index (κ2) is 3.81. The Bertz CT molecular complexity index is 577. The van der Waals surface area contributed by atoms with Gasteiger partial charge in [-0.25, -0.2) is 4.98 Å². The molecule has 0 fully saturated rings. The molecule has 0 amide bonds. The first-order valence-corrected chi connectivity index (χ1v) is 5.35. The van der Waals surface area contributed by atoms with Gasteiger partial charge in [0.05, 0.1) is 10.6 Å². The molecule has 0 spiro atoms. The molecule has 0 atom stereocenters. The number of anilines is 1. The summed E-state index contributed by atoms with van der Waals surface area (Å²) in [5, 5.41) is 10.9. The van der Waals surface area contributed by atoms with E-state index in [2.05, 4.69) is 9.97 Å². The summed E-state index contributed by atoms with van der Waals surface area (Å²) in [6.07, 6.45) is 0. The fraction of sp³-hybridized carbons (Fsp3) is 0. The van der Waals surface area contributed by atoms with Crippen LogP contribution in [-0.4, -0.2) is 9.97 Å². The summed E-state index contributed by atoms with van der Waals surface area (Å²) in [6.45, 7) is 0. The van der Waals surface area contributed by atoms with E-state index in [4.69, 9.17) is 23.2 Å². The number of aromatic amines is 1. The van der Waals surface area contributed by atoms with Gasteiger partial charge >= 0.3 is 0 Å². The maximum atomic E-state index is 8.98. The number of thiophene rings is 1. The monoisotopic (exact) mass is 234 g/mol. The second-order valence-electron chi connectivity index (χ2n) is 2.77. The predicted octanol–water partition coefficient (Wildman–Crippen LogP) is 2.32. The number of nitrogens with zero attached hydrogens (tertiary/aromatic N) is 2. The van der Waals surface area contributed by atoms with Crippen LogP contribution in [0.4, 0.5) is 5.95 Å². The minimum Gasteiger partial charge on any atom is -0.369 e. The molecule has 4 nitrogen and oxygen atoms in total. The van der Waals surface area contributed by atoms with Gasteiger partial charge in [0, 0.05) is 0 Å². The van der Waals surface area contributed by atoms with Gasteiger partial charge in [0.25, 0.3) is 0 Å². The lowest BCUT2D eigenvalue weighted by Gasteiger charge is -2.02. The third kappa shape index (κ3) is 1.75. The molecule has 2 rings (SSSR count). The Morgan fingerprint density at radius 1 is 1.60 bits per heavy atom. The van der Waals surface area contributed by atoms with Gasteiger partial charge in [-0.15, -0.1) is 11.3 Å². The van der Waals surface area contributed by atoms with Crippen molar-refractivity contribution in [1.82, 2.24) is 9.97 Å². The van der Waals surface area contributed by atoms with Gasteiger partial charge in [-0.1, -0.05) is 18.3 Å². The molecule has 0 aliphatic rings. The van der Waals surface area contributed by atoms with Crippen LogP contribution in [0.2, 0.25) is 0 Å². The van der Waals surface area contributed by atoms with Crippen molar-refractivity contribution in [2.75, 3.05) is 5.73 Å². The number of nitrogens with one attached hydrogen (secondary N) is 1. The van der Waals surface area contributed by atoms with Crippen LogP contribution in [0.5, 0.6) is 0 Å². The van der Waals surface area contributed by atoms with Crippen LogP contribution in [0, 0.1) is 16.0 Å². The first-order valence-electron chi connectivity index (χ1n) is 4.06. The zero-order valence-electron chi connectivity index (χ0n) is 7.52. The molecule has 0 aromatic carbocycles. The van der Waals surface area contributed by atoms with Gasteiger partial charge < -0.3 is 10.7 Å². The van der Waals surface area contributed by atoms with Crippen LogP contribution in [0.1, 0.15) is 5.56 Å². The van der Waals surface area contributed by atoms with Crippen LogP contribution < -0.4 is 5.73 Å². The average Bonchev–Trinajstić information content (AvgIpc) is 2.69. The number of nitriles is 1. The molecule has 0 bridgehead atoms. The van der Waals surface area contributed by atoms with Crippen molar-refractivity contribution < 1.29 is 0 Å². The van der Waals surface area contributed by atoms with E-state index in [1.54, 1.807) is 0 Å². The van der Waals surface area contributed by atoms with E-state index >= 15 is 0 Å². The molecule has 74 valence electrons. The van der Waals surface area contributed by atoms with Crippen LogP contribution >= 0.6 is 23.6 Å².